The van der Waals surface area contributed by atoms with Gasteiger partial charge in [-0.1, -0.05) is 0 Å². The molecule has 2 rings (SSSR count). The monoisotopic (exact) mass is 302 g/mol. The van der Waals surface area contributed by atoms with Crippen LogP contribution in [0.3, 0.4) is 0 Å². The van der Waals surface area contributed by atoms with Crippen LogP contribution in [0.25, 0.3) is 0 Å². The van der Waals surface area contributed by atoms with Gasteiger partial charge in [-0.2, -0.15) is 0 Å². The molecule has 0 saturated heterocycles. The average Bonchev–Trinajstić information content (AvgIpc) is 2.19. The summed E-state index contributed by atoms with van der Waals surface area (Å²) in [7, 11) is 1.63. The molecule has 74 valence electrons. The first kappa shape index (κ1) is 9.96. The minimum Gasteiger partial charge on any atom is -0.497 e. The molecule has 0 unspecified atom stereocenters. The van der Waals surface area contributed by atoms with Crippen molar-refractivity contribution in [1.29, 1.82) is 0 Å². The van der Waals surface area contributed by atoms with Gasteiger partial charge in [0.25, 0.3) is 0 Å². The number of halogens is 1. The van der Waals surface area contributed by atoms with Crippen molar-refractivity contribution in [2.24, 2.45) is 0 Å². The summed E-state index contributed by atoms with van der Waals surface area (Å²) in [6, 6.07) is 3.84. The van der Waals surface area contributed by atoms with Crippen molar-refractivity contribution in [2.45, 2.75) is 19.3 Å². The van der Waals surface area contributed by atoms with E-state index in [2.05, 4.69) is 22.6 Å². The molecule has 0 atom stereocenters. The number of ketones is 1. The Morgan fingerprint density at radius 1 is 1.36 bits per heavy atom. The SMILES string of the molecule is COc1cc(I)c2c(c1)C(=O)CCC2. The fourth-order valence-corrected chi connectivity index (χ4v) is 2.66. The topological polar surface area (TPSA) is 26.3 Å². The van der Waals surface area contributed by atoms with Crippen molar-refractivity contribution in [1.82, 2.24) is 0 Å². The zero-order chi connectivity index (χ0) is 10.1. The van der Waals surface area contributed by atoms with Crippen LogP contribution in [-0.4, -0.2) is 12.9 Å². The van der Waals surface area contributed by atoms with Gasteiger partial charge in [-0.25, -0.2) is 0 Å². The second kappa shape index (κ2) is 3.88. The Morgan fingerprint density at radius 2 is 2.14 bits per heavy atom. The zero-order valence-corrected chi connectivity index (χ0v) is 10.1. The quantitative estimate of drug-likeness (QED) is 0.746. The minimum atomic E-state index is 0.253. The highest BCUT2D eigenvalue weighted by Crippen LogP contribution is 2.29. The Bertz CT molecular complexity index is 385. The van der Waals surface area contributed by atoms with Gasteiger partial charge in [-0.05, 0) is 53.1 Å². The molecule has 0 saturated carbocycles. The third-order valence-electron chi connectivity index (χ3n) is 2.54. The van der Waals surface area contributed by atoms with Crippen molar-refractivity contribution in [2.75, 3.05) is 7.11 Å². The summed E-state index contributed by atoms with van der Waals surface area (Å²) in [6.07, 6.45) is 2.67. The first-order valence-electron chi connectivity index (χ1n) is 4.62. The molecule has 0 aromatic heterocycles. The number of carbonyl (C=O) groups is 1. The second-order valence-corrected chi connectivity index (χ2v) is 4.57. The molecule has 0 bridgehead atoms. The summed E-state index contributed by atoms with van der Waals surface area (Å²) in [5, 5.41) is 0. The van der Waals surface area contributed by atoms with Gasteiger partial charge in [0.15, 0.2) is 5.78 Å². The van der Waals surface area contributed by atoms with E-state index in [-0.39, 0.29) is 5.78 Å². The normalized spacial score (nSPS) is 15.1. The molecule has 0 fully saturated rings. The van der Waals surface area contributed by atoms with Crippen LogP contribution >= 0.6 is 22.6 Å². The molecule has 0 heterocycles. The van der Waals surface area contributed by atoms with Crippen LogP contribution in [0, 0.1) is 3.57 Å². The zero-order valence-electron chi connectivity index (χ0n) is 7.97. The van der Waals surface area contributed by atoms with E-state index in [1.54, 1.807) is 7.11 Å². The largest absolute Gasteiger partial charge is 0.497 e. The maximum Gasteiger partial charge on any atom is 0.163 e. The fourth-order valence-electron chi connectivity index (χ4n) is 1.79. The molecule has 1 aromatic carbocycles. The van der Waals surface area contributed by atoms with Crippen LogP contribution in [0.15, 0.2) is 12.1 Å². The standard InChI is InChI=1S/C11H11IO2/c1-14-7-5-9-8(10(12)6-7)3-2-4-11(9)13/h5-6H,2-4H2,1H3. The summed E-state index contributed by atoms with van der Waals surface area (Å²) in [4.78, 5) is 11.6. The van der Waals surface area contributed by atoms with Crippen LogP contribution in [0.1, 0.15) is 28.8 Å². The van der Waals surface area contributed by atoms with E-state index in [0.29, 0.717) is 6.42 Å². The van der Waals surface area contributed by atoms with E-state index < -0.39 is 0 Å². The molecular formula is C11H11IO2. The highest BCUT2D eigenvalue weighted by atomic mass is 127. The van der Waals surface area contributed by atoms with Crippen LogP contribution in [0.5, 0.6) is 5.75 Å². The first-order valence-corrected chi connectivity index (χ1v) is 5.70. The molecule has 3 heteroatoms. The number of methoxy groups -OCH3 is 1. The van der Waals surface area contributed by atoms with E-state index in [9.17, 15) is 4.79 Å². The molecule has 0 spiro atoms. The predicted molar refractivity (Wildman–Crippen MR) is 63.0 cm³/mol. The van der Waals surface area contributed by atoms with Gasteiger partial charge in [0.05, 0.1) is 7.11 Å². The molecule has 2 nitrogen and oxygen atoms in total. The van der Waals surface area contributed by atoms with Gasteiger partial charge in [0.2, 0.25) is 0 Å². The minimum absolute atomic E-state index is 0.253. The third-order valence-corrected chi connectivity index (χ3v) is 3.50. The van der Waals surface area contributed by atoms with E-state index in [4.69, 9.17) is 4.74 Å². The Kier molecular flexibility index (Phi) is 2.76. The molecule has 0 N–H and O–H groups in total. The van der Waals surface area contributed by atoms with E-state index in [1.807, 2.05) is 12.1 Å². The fraction of sp³-hybridized carbons (Fsp3) is 0.364. The van der Waals surface area contributed by atoms with Crippen molar-refractivity contribution in [3.63, 3.8) is 0 Å². The van der Waals surface area contributed by atoms with Crippen LogP contribution < -0.4 is 4.74 Å². The summed E-state index contributed by atoms with van der Waals surface area (Å²) in [5.74, 6) is 1.03. The van der Waals surface area contributed by atoms with Crippen molar-refractivity contribution >= 4 is 28.4 Å². The number of hydrogen-bond donors (Lipinski definition) is 0. The van der Waals surface area contributed by atoms with E-state index >= 15 is 0 Å². The van der Waals surface area contributed by atoms with Crippen LogP contribution in [-0.2, 0) is 6.42 Å². The smallest absolute Gasteiger partial charge is 0.163 e. The summed E-state index contributed by atoms with van der Waals surface area (Å²) in [6.45, 7) is 0. The number of hydrogen-bond acceptors (Lipinski definition) is 2. The van der Waals surface area contributed by atoms with E-state index in [1.165, 1.54) is 5.56 Å². The molecule has 0 amide bonds. The molecule has 14 heavy (non-hydrogen) atoms. The third kappa shape index (κ3) is 1.65. The summed E-state index contributed by atoms with van der Waals surface area (Å²) < 4.78 is 6.30. The number of benzene rings is 1. The second-order valence-electron chi connectivity index (χ2n) is 3.41. The maximum absolute atomic E-state index is 11.6. The van der Waals surface area contributed by atoms with Crippen LogP contribution in [0.2, 0.25) is 0 Å². The number of Topliss-reactive ketones (excluding diaryl/α,β-unsaturated/α-hetero) is 1. The van der Waals surface area contributed by atoms with Gasteiger partial charge in [0, 0.05) is 15.6 Å². The lowest BCUT2D eigenvalue weighted by molar-refractivity contribution is 0.0972. The number of ether oxygens (including phenoxy) is 1. The molecule has 0 aliphatic heterocycles. The highest BCUT2D eigenvalue weighted by Gasteiger charge is 2.20. The molecule has 0 radical (unpaired) electrons. The maximum atomic E-state index is 11.6. The number of fused-ring (bicyclic) bond motifs is 1. The lowest BCUT2D eigenvalue weighted by atomic mass is 9.90. The van der Waals surface area contributed by atoms with Crippen molar-refractivity contribution in [3.8, 4) is 5.75 Å². The average molecular weight is 302 g/mol. The van der Waals surface area contributed by atoms with E-state index in [0.717, 1.165) is 27.7 Å². The van der Waals surface area contributed by atoms with Crippen LogP contribution in [0.4, 0.5) is 0 Å². The summed E-state index contributed by atoms with van der Waals surface area (Å²) >= 11 is 2.27. The van der Waals surface area contributed by atoms with Gasteiger partial charge < -0.3 is 4.74 Å². The van der Waals surface area contributed by atoms with Gasteiger partial charge >= 0.3 is 0 Å². The Balaban J connectivity index is 2.57. The number of carbonyl (C=O) groups excluding carboxylic acids is 1. The van der Waals surface area contributed by atoms with Crippen molar-refractivity contribution < 1.29 is 9.53 Å². The Labute approximate surface area is 96.8 Å². The Hall–Kier alpha value is -0.580. The number of rotatable bonds is 1. The van der Waals surface area contributed by atoms with Gasteiger partial charge in [0.1, 0.15) is 5.75 Å². The Morgan fingerprint density at radius 3 is 2.86 bits per heavy atom. The molecule has 1 aliphatic carbocycles. The highest BCUT2D eigenvalue weighted by molar-refractivity contribution is 14.1. The molecule has 1 aromatic rings. The molecular weight excluding hydrogens is 291 g/mol. The summed E-state index contributed by atoms with van der Waals surface area (Å²) in [5.41, 5.74) is 2.06. The van der Waals surface area contributed by atoms with Gasteiger partial charge in [-0.3, -0.25) is 4.79 Å². The first-order chi connectivity index (χ1) is 6.72. The predicted octanol–water partition coefficient (Wildman–Crippen LogP) is 2.82. The van der Waals surface area contributed by atoms with Gasteiger partial charge in [-0.15, -0.1) is 0 Å². The molecule has 1 aliphatic rings. The van der Waals surface area contributed by atoms with Crippen molar-refractivity contribution in [3.05, 3.63) is 26.8 Å². The lowest BCUT2D eigenvalue weighted by Gasteiger charge is -2.17. The lowest BCUT2D eigenvalue weighted by Crippen LogP contribution is -2.12.